The van der Waals surface area contributed by atoms with Gasteiger partial charge in [0, 0.05) is 19.0 Å². The molecule has 0 aliphatic carbocycles. The molecular weight excluding hydrogens is 388 g/mol. The molecule has 8 nitrogen and oxygen atoms in total. The van der Waals surface area contributed by atoms with E-state index in [0.29, 0.717) is 0 Å². The summed E-state index contributed by atoms with van der Waals surface area (Å²) in [7, 11) is 0. The molecule has 1 heterocycles. The first-order valence-corrected chi connectivity index (χ1v) is 10.2. The molecular formula is C22H32N2O6. The van der Waals surface area contributed by atoms with Crippen LogP contribution in [-0.4, -0.2) is 56.4 Å². The molecule has 0 radical (unpaired) electrons. The molecule has 1 aliphatic rings. The van der Waals surface area contributed by atoms with Gasteiger partial charge in [-0.15, -0.1) is 0 Å². The van der Waals surface area contributed by atoms with Gasteiger partial charge in [0.1, 0.15) is 11.1 Å². The van der Waals surface area contributed by atoms with Crippen molar-refractivity contribution in [2.45, 2.75) is 70.7 Å². The molecule has 1 aliphatic heterocycles. The molecule has 3 N–H and O–H groups in total. The third-order valence-electron chi connectivity index (χ3n) is 5.82. The van der Waals surface area contributed by atoms with Crippen LogP contribution >= 0.6 is 0 Å². The van der Waals surface area contributed by atoms with Crippen molar-refractivity contribution in [3.63, 3.8) is 0 Å². The van der Waals surface area contributed by atoms with Gasteiger partial charge >= 0.3 is 18.0 Å². The monoisotopic (exact) mass is 420 g/mol. The number of benzene rings is 1. The number of carboxylic acids is 2. The van der Waals surface area contributed by atoms with E-state index in [1.807, 2.05) is 30.3 Å². The van der Waals surface area contributed by atoms with Gasteiger partial charge in [-0.25, -0.2) is 9.59 Å². The molecule has 1 fully saturated rings. The lowest BCUT2D eigenvalue weighted by atomic mass is 9.72. The van der Waals surface area contributed by atoms with E-state index in [9.17, 15) is 24.6 Å². The molecule has 0 bridgehead atoms. The molecule has 8 heteroatoms. The maximum atomic E-state index is 12.6. The molecule has 1 saturated heterocycles. The highest BCUT2D eigenvalue weighted by Gasteiger charge is 2.67. The minimum Gasteiger partial charge on any atom is -0.480 e. The highest BCUT2D eigenvalue weighted by Crippen LogP contribution is 2.47. The Morgan fingerprint density at radius 1 is 1.13 bits per heavy atom. The van der Waals surface area contributed by atoms with E-state index in [0.717, 1.165) is 5.56 Å². The van der Waals surface area contributed by atoms with Crippen LogP contribution in [0.4, 0.5) is 4.79 Å². The van der Waals surface area contributed by atoms with Gasteiger partial charge in [-0.05, 0) is 39.2 Å². The Morgan fingerprint density at radius 2 is 1.73 bits per heavy atom. The van der Waals surface area contributed by atoms with Crippen LogP contribution in [0.25, 0.3) is 0 Å². The fourth-order valence-corrected chi connectivity index (χ4v) is 4.66. The molecule has 2 rings (SSSR count). The molecule has 1 unspecified atom stereocenters. The maximum absolute atomic E-state index is 12.6. The van der Waals surface area contributed by atoms with Crippen molar-refractivity contribution in [3.05, 3.63) is 35.9 Å². The highest BCUT2D eigenvalue weighted by molar-refractivity contribution is 5.90. The van der Waals surface area contributed by atoms with E-state index >= 15 is 0 Å². The second kappa shape index (κ2) is 8.63. The predicted octanol–water partition coefficient (Wildman–Crippen LogP) is 3.11. The summed E-state index contributed by atoms with van der Waals surface area (Å²) in [5.41, 5.74) is -3.19. The van der Waals surface area contributed by atoms with Gasteiger partial charge in [-0.2, -0.15) is 0 Å². The van der Waals surface area contributed by atoms with E-state index in [1.54, 1.807) is 39.5 Å². The number of ether oxygens (including phenoxy) is 1. The Labute approximate surface area is 177 Å². The van der Waals surface area contributed by atoms with Crippen LogP contribution in [0, 0.1) is 5.92 Å². The standard InChI is InChI=1S/C22H32N2O6/c1-6-16-21(17(25)26,23-19(29)30-20(3,4)5)14-24(22(16,7-2)18(27)28)13-15-11-9-8-10-12-15/h8-12,16H,6-7,13-14H2,1-5H3,(H,23,29)(H,25,26)(H,27,28)/t16?,21-,22+/m0/s1. The molecule has 3 atom stereocenters. The van der Waals surface area contributed by atoms with Gasteiger partial charge in [0.05, 0.1) is 0 Å². The van der Waals surface area contributed by atoms with E-state index in [4.69, 9.17) is 4.74 Å². The number of carbonyl (C=O) groups excluding carboxylic acids is 1. The van der Waals surface area contributed by atoms with Crippen molar-refractivity contribution in [3.8, 4) is 0 Å². The summed E-state index contributed by atoms with van der Waals surface area (Å²) in [5, 5.41) is 23.0. The minimum absolute atomic E-state index is 0.144. The molecule has 1 amide bonds. The van der Waals surface area contributed by atoms with E-state index < -0.39 is 40.6 Å². The molecule has 0 spiro atoms. The van der Waals surface area contributed by atoms with Crippen LogP contribution in [-0.2, 0) is 20.9 Å². The Kier molecular flexibility index (Phi) is 6.81. The van der Waals surface area contributed by atoms with Crippen LogP contribution in [0.15, 0.2) is 30.3 Å². The lowest BCUT2D eigenvalue weighted by Crippen LogP contribution is -2.63. The van der Waals surface area contributed by atoms with Crippen molar-refractivity contribution in [2.75, 3.05) is 6.54 Å². The summed E-state index contributed by atoms with van der Waals surface area (Å²) in [6.07, 6.45) is -0.424. The summed E-state index contributed by atoms with van der Waals surface area (Å²) in [4.78, 5) is 39.3. The fraction of sp³-hybridized carbons (Fsp3) is 0.591. The Balaban J connectivity index is 2.55. The van der Waals surface area contributed by atoms with Gasteiger partial charge in [0.25, 0.3) is 0 Å². The van der Waals surface area contributed by atoms with Crippen molar-refractivity contribution < 1.29 is 29.3 Å². The number of aliphatic carboxylic acids is 2. The zero-order chi connectivity index (χ0) is 22.7. The first-order valence-electron chi connectivity index (χ1n) is 10.2. The Morgan fingerprint density at radius 3 is 2.17 bits per heavy atom. The largest absolute Gasteiger partial charge is 0.480 e. The summed E-state index contributed by atoms with van der Waals surface area (Å²) in [6, 6.07) is 9.29. The Hall–Kier alpha value is -2.61. The van der Waals surface area contributed by atoms with Crippen molar-refractivity contribution >= 4 is 18.0 Å². The second-order valence-corrected chi connectivity index (χ2v) is 8.79. The second-order valence-electron chi connectivity index (χ2n) is 8.79. The number of alkyl carbamates (subject to hydrolysis) is 1. The number of amides is 1. The summed E-state index contributed by atoms with van der Waals surface area (Å²) in [6.45, 7) is 8.64. The number of nitrogens with zero attached hydrogens (tertiary/aromatic N) is 1. The number of likely N-dealkylation sites (tertiary alicyclic amines) is 1. The number of hydrogen-bond donors (Lipinski definition) is 3. The normalized spacial score (nSPS) is 26.9. The lowest BCUT2D eigenvalue weighted by Gasteiger charge is -2.39. The molecule has 30 heavy (non-hydrogen) atoms. The number of carbonyl (C=O) groups is 3. The summed E-state index contributed by atoms with van der Waals surface area (Å²) < 4.78 is 5.30. The van der Waals surface area contributed by atoms with Crippen LogP contribution in [0.2, 0.25) is 0 Å². The average Bonchev–Trinajstić information content (AvgIpc) is 2.91. The third kappa shape index (κ3) is 4.28. The first kappa shape index (κ1) is 23.7. The van der Waals surface area contributed by atoms with Gasteiger partial charge in [-0.1, -0.05) is 44.2 Å². The van der Waals surface area contributed by atoms with Gasteiger partial charge < -0.3 is 20.3 Å². The van der Waals surface area contributed by atoms with Gasteiger partial charge in [0.2, 0.25) is 0 Å². The van der Waals surface area contributed by atoms with Crippen LogP contribution in [0.5, 0.6) is 0 Å². The maximum Gasteiger partial charge on any atom is 0.408 e. The first-order chi connectivity index (χ1) is 13.9. The smallest absolute Gasteiger partial charge is 0.408 e. The van der Waals surface area contributed by atoms with Crippen LogP contribution in [0.3, 0.4) is 0 Å². The number of rotatable bonds is 7. The Bertz CT molecular complexity index is 791. The summed E-state index contributed by atoms with van der Waals surface area (Å²) in [5.74, 6) is -3.22. The van der Waals surface area contributed by atoms with Crippen molar-refractivity contribution in [1.29, 1.82) is 0 Å². The van der Waals surface area contributed by atoms with Gasteiger partial charge in [-0.3, -0.25) is 9.69 Å². The van der Waals surface area contributed by atoms with Crippen LogP contribution < -0.4 is 5.32 Å². The van der Waals surface area contributed by atoms with Crippen LogP contribution in [0.1, 0.15) is 53.0 Å². The molecule has 0 aromatic heterocycles. The number of nitrogens with one attached hydrogen (secondary N) is 1. The van der Waals surface area contributed by atoms with E-state index in [-0.39, 0.29) is 25.9 Å². The van der Waals surface area contributed by atoms with E-state index in [2.05, 4.69) is 5.32 Å². The van der Waals surface area contributed by atoms with Crippen molar-refractivity contribution in [1.82, 2.24) is 10.2 Å². The average molecular weight is 421 g/mol. The van der Waals surface area contributed by atoms with Crippen molar-refractivity contribution in [2.24, 2.45) is 5.92 Å². The van der Waals surface area contributed by atoms with E-state index in [1.165, 1.54) is 0 Å². The fourth-order valence-electron chi connectivity index (χ4n) is 4.66. The molecule has 166 valence electrons. The number of carboxylic acid groups (broad SMARTS) is 2. The predicted molar refractivity (Wildman–Crippen MR) is 111 cm³/mol. The topological polar surface area (TPSA) is 116 Å². The molecule has 1 aromatic carbocycles. The molecule has 0 saturated carbocycles. The minimum atomic E-state index is -1.79. The van der Waals surface area contributed by atoms with Gasteiger partial charge in [0.15, 0.2) is 5.54 Å². The quantitative estimate of drug-likeness (QED) is 0.620. The summed E-state index contributed by atoms with van der Waals surface area (Å²) >= 11 is 0. The zero-order valence-electron chi connectivity index (χ0n) is 18.3. The third-order valence-corrected chi connectivity index (χ3v) is 5.82. The zero-order valence-corrected chi connectivity index (χ0v) is 18.3. The lowest BCUT2D eigenvalue weighted by molar-refractivity contribution is -0.154. The number of hydrogen-bond acceptors (Lipinski definition) is 5. The highest BCUT2D eigenvalue weighted by atomic mass is 16.6. The molecule has 1 aromatic rings. The SMILES string of the molecule is CCC1[C@](CC)(C(=O)O)N(Cc2ccccc2)C[C@@]1(NC(=O)OC(C)(C)C)C(=O)O.